The van der Waals surface area contributed by atoms with Crippen molar-refractivity contribution in [3.8, 4) is 0 Å². The predicted octanol–water partition coefficient (Wildman–Crippen LogP) is 1.39. The number of rotatable bonds is 1. The summed E-state index contributed by atoms with van der Waals surface area (Å²) in [5.74, 6) is 0. The number of thiocarbonyl (C=S) groups is 1. The van der Waals surface area contributed by atoms with E-state index in [0.29, 0.717) is 30.7 Å². The Morgan fingerprint density at radius 2 is 2.29 bits per heavy atom. The Morgan fingerprint density at radius 3 is 3.04 bits per heavy atom. The molecule has 1 N–H and O–H groups in total. The molecule has 1 aliphatic rings. The third kappa shape index (κ3) is 2.96. The van der Waals surface area contributed by atoms with Gasteiger partial charge in [-0.1, -0.05) is 6.07 Å². The van der Waals surface area contributed by atoms with Gasteiger partial charge in [-0.15, -0.1) is 0 Å². The minimum Gasteiger partial charge on any atom is -0.450 e. The van der Waals surface area contributed by atoms with Crippen LogP contribution in [0.2, 0.25) is 0 Å². The summed E-state index contributed by atoms with van der Waals surface area (Å²) in [5, 5.41) is 2.77. The maximum Gasteiger partial charge on any atom is 0.413 e. The standard InChI is InChI=1S/C16H18N4O3S/c1-3-23-16(22)18-15(24)19-8-6-12-11(9-19)14(21)20-7-4-5-10(2)13(20)17-12/h4-5,7H,3,6,8-9H2,1-2H3,(H,18,22,24). The lowest BCUT2D eigenvalue weighted by Crippen LogP contribution is -2.46. The fourth-order valence-electron chi connectivity index (χ4n) is 2.76. The first-order chi connectivity index (χ1) is 11.5. The van der Waals surface area contributed by atoms with Gasteiger partial charge in [0, 0.05) is 19.2 Å². The molecule has 7 nitrogen and oxygen atoms in total. The van der Waals surface area contributed by atoms with E-state index in [9.17, 15) is 9.59 Å². The van der Waals surface area contributed by atoms with Gasteiger partial charge in [-0.25, -0.2) is 9.78 Å². The number of nitrogens with one attached hydrogen (secondary N) is 1. The molecule has 0 unspecified atom stereocenters. The van der Waals surface area contributed by atoms with Crippen molar-refractivity contribution in [2.24, 2.45) is 0 Å². The van der Waals surface area contributed by atoms with Crippen molar-refractivity contribution in [2.45, 2.75) is 26.8 Å². The summed E-state index contributed by atoms with van der Waals surface area (Å²) in [5.41, 5.74) is 2.95. The molecule has 0 aromatic carbocycles. The van der Waals surface area contributed by atoms with E-state index in [2.05, 4.69) is 10.3 Å². The number of ether oxygens (including phenoxy) is 1. The van der Waals surface area contributed by atoms with Crippen molar-refractivity contribution >= 4 is 29.1 Å². The molecule has 8 heteroatoms. The number of alkyl carbamates (subject to hydrolysis) is 1. The molecule has 0 saturated heterocycles. The van der Waals surface area contributed by atoms with Crippen LogP contribution in [0, 0.1) is 6.92 Å². The summed E-state index contributed by atoms with van der Waals surface area (Å²) in [6.45, 7) is 4.84. The molecule has 0 fully saturated rings. The van der Waals surface area contributed by atoms with Crippen molar-refractivity contribution in [2.75, 3.05) is 13.2 Å². The number of aryl methyl sites for hydroxylation is 1. The Morgan fingerprint density at radius 1 is 1.50 bits per heavy atom. The van der Waals surface area contributed by atoms with E-state index in [-0.39, 0.29) is 17.3 Å². The summed E-state index contributed by atoms with van der Waals surface area (Å²) >= 11 is 5.24. The lowest BCUT2D eigenvalue weighted by Gasteiger charge is -2.29. The third-order valence-electron chi connectivity index (χ3n) is 3.97. The number of carbonyl (C=O) groups is 1. The molecular formula is C16H18N4O3S. The zero-order chi connectivity index (χ0) is 17.3. The molecule has 1 amide bonds. The Bertz CT molecular complexity index is 877. The molecule has 2 aromatic rings. The van der Waals surface area contributed by atoms with Crippen LogP contribution in [0.1, 0.15) is 23.7 Å². The predicted molar refractivity (Wildman–Crippen MR) is 93.1 cm³/mol. The van der Waals surface area contributed by atoms with Crippen molar-refractivity contribution in [1.82, 2.24) is 19.6 Å². The quantitative estimate of drug-likeness (QED) is 0.787. The molecule has 0 bridgehead atoms. The molecule has 3 rings (SSSR count). The lowest BCUT2D eigenvalue weighted by molar-refractivity contribution is 0.156. The van der Waals surface area contributed by atoms with E-state index >= 15 is 0 Å². The van der Waals surface area contributed by atoms with Crippen LogP contribution in [0.3, 0.4) is 0 Å². The first-order valence-corrected chi connectivity index (χ1v) is 8.14. The second-order valence-corrected chi connectivity index (χ2v) is 5.94. The molecule has 3 heterocycles. The molecule has 126 valence electrons. The SMILES string of the molecule is CCOC(=O)NC(=S)N1CCc2nc3c(C)cccn3c(=O)c2C1. The van der Waals surface area contributed by atoms with Crippen LogP contribution >= 0.6 is 12.2 Å². The molecule has 0 aliphatic carbocycles. The summed E-state index contributed by atoms with van der Waals surface area (Å²) in [6.07, 6.45) is 1.73. The second-order valence-electron chi connectivity index (χ2n) is 5.55. The van der Waals surface area contributed by atoms with Crippen molar-refractivity contribution in [3.05, 3.63) is 45.5 Å². The van der Waals surface area contributed by atoms with Gasteiger partial charge in [0.1, 0.15) is 5.65 Å². The second kappa shape index (κ2) is 6.56. The molecule has 24 heavy (non-hydrogen) atoms. The largest absolute Gasteiger partial charge is 0.450 e. The first kappa shape index (κ1) is 16.4. The van der Waals surface area contributed by atoms with Crippen LogP contribution in [-0.4, -0.2) is 38.6 Å². The first-order valence-electron chi connectivity index (χ1n) is 7.73. The topological polar surface area (TPSA) is 75.9 Å². The van der Waals surface area contributed by atoms with E-state index in [1.54, 1.807) is 22.4 Å². The molecule has 2 aromatic heterocycles. The summed E-state index contributed by atoms with van der Waals surface area (Å²) in [7, 11) is 0. The highest BCUT2D eigenvalue weighted by Gasteiger charge is 2.24. The van der Waals surface area contributed by atoms with Gasteiger partial charge in [-0.2, -0.15) is 0 Å². The maximum atomic E-state index is 12.8. The van der Waals surface area contributed by atoms with E-state index in [4.69, 9.17) is 17.0 Å². The van der Waals surface area contributed by atoms with Crippen LogP contribution < -0.4 is 10.9 Å². The highest BCUT2D eigenvalue weighted by Crippen LogP contribution is 2.16. The summed E-state index contributed by atoms with van der Waals surface area (Å²) < 4.78 is 6.38. The van der Waals surface area contributed by atoms with Crippen LogP contribution in [-0.2, 0) is 17.7 Å². The van der Waals surface area contributed by atoms with Gasteiger partial charge in [0.25, 0.3) is 5.56 Å². The average Bonchev–Trinajstić information content (AvgIpc) is 2.56. The molecule has 0 atom stereocenters. The fraction of sp³-hybridized carbons (Fsp3) is 0.375. The molecule has 0 radical (unpaired) electrons. The van der Waals surface area contributed by atoms with Crippen molar-refractivity contribution in [3.63, 3.8) is 0 Å². The monoisotopic (exact) mass is 346 g/mol. The molecule has 1 aliphatic heterocycles. The number of pyridine rings is 1. The Hall–Kier alpha value is -2.48. The van der Waals surface area contributed by atoms with Gasteiger partial charge in [-0.05, 0) is 37.7 Å². The average molecular weight is 346 g/mol. The number of aromatic nitrogens is 2. The number of fused-ring (bicyclic) bond motifs is 2. The Kier molecular flexibility index (Phi) is 4.48. The zero-order valence-electron chi connectivity index (χ0n) is 13.5. The van der Waals surface area contributed by atoms with Crippen LogP contribution in [0.15, 0.2) is 23.1 Å². The highest BCUT2D eigenvalue weighted by atomic mass is 32.1. The van der Waals surface area contributed by atoms with E-state index < -0.39 is 6.09 Å². The number of nitrogens with zero attached hydrogens (tertiary/aromatic N) is 3. The highest BCUT2D eigenvalue weighted by molar-refractivity contribution is 7.80. The Labute approximate surface area is 144 Å². The molecular weight excluding hydrogens is 328 g/mol. The van der Waals surface area contributed by atoms with E-state index in [1.165, 1.54) is 0 Å². The number of hydrogen-bond acceptors (Lipinski definition) is 5. The normalized spacial score (nSPS) is 13.5. The number of hydrogen-bond donors (Lipinski definition) is 1. The van der Waals surface area contributed by atoms with Crippen LogP contribution in [0.25, 0.3) is 5.65 Å². The van der Waals surface area contributed by atoms with E-state index in [1.807, 2.05) is 19.1 Å². The van der Waals surface area contributed by atoms with Gasteiger partial charge < -0.3 is 9.64 Å². The Balaban J connectivity index is 1.89. The summed E-state index contributed by atoms with van der Waals surface area (Å²) in [4.78, 5) is 30.7. The fourth-order valence-corrected chi connectivity index (χ4v) is 3.00. The number of amides is 1. The van der Waals surface area contributed by atoms with Crippen molar-refractivity contribution in [1.29, 1.82) is 0 Å². The van der Waals surface area contributed by atoms with E-state index in [0.717, 1.165) is 11.3 Å². The van der Waals surface area contributed by atoms with Gasteiger partial charge in [0.05, 0.1) is 24.4 Å². The smallest absolute Gasteiger partial charge is 0.413 e. The van der Waals surface area contributed by atoms with Crippen molar-refractivity contribution < 1.29 is 9.53 Å². The minimum atomic E-state index is -0.586. The van der Waals surface area contributed by atoms with Gasteiger partial charge >= 0.3 is 6.09 Å². The van der Waals surface area contributed by atoms with Crippen LogP contribution in [0.5, 0.6) is 0 Å². The number of carbonyl (C=O) groups excluding carboxylic acids is 1. The molecule has 0 saturated carbocycles. The lowest BCUT2D eigenvalue weighted by atomic mass is 10.1. The minimum absolute atomic E-state index is 0.0951. The summed E-state index contributed by atoms with van der Waals surface area (Å²) in [6, 6.07) is 3.76. The third-order valence-corrected chi connectivity index (χ3v) is 4.33. The zero-order valence-corrected chi connectivity index (χ0v) is 14.4. The molecule has 0 spiro atoms. The van der Waals surface area contributed by atoms with Gasteiger partial charge in [0.15, 0.2) is 5.11 Å². The van der Waals surface area contributed by atoms with Crippen LogP contribution in [0.4, 0.5) is 4.79 Å². The van der Waals surface area contributed by atoms with Gasteiger partial charge in [0.2, 0.25) is 0 Å². The van der Waals surface area contributed by atoms with Gasteiger partial charge in [-0.3, -0.25) is 14.5 Å². The maximum absolute atomic E-state index is 12.8.